The zero-order chi connectivity index (χ0) is 9.07. The molecule has 0 bridgehead atoms. The normalized spacial score (nSPS) is 14.7. The van der Waals surface area contributed by atoms with E-state index >= 15 is 0 Å². The van der Waals surface area contributed by atoms with Crippen LogP contribution in [0.1, 0.15) is 0 Å². The molecule has 1 unspecified atom stereocenters. The molecule has 6 heteroatoms. The van der Waals surface area contributed by atoms with Crippen molar-refractivity contribution < 1.29 is 19.8 Å². The van der Waals surface area contributed by atoms with E-state index in [9.17, 15) is 9.59 Å². The lowest BCUT2D eigenvalue weighted by Crippen LogP contribution is -2.48. The highest BCUT2D eigenvalue weighted by atomic mass is 79.9. The maximum Gasteiger partial charge on any atom is 0.369 e. The Bertz CT molecular complexity index is 201. The molecule has 0 aliphatic heterocycles. The first-order valence-corrected chi connectivity index (χ1v) is 3.28. The number of rotatable bonds is 3. The monoisotopic (exact) mass is 223 g/mol. The van der Waals surface area contributed by atoms with Gasteiger partial charge in [0.2, 0.25) is 5.91 Å². The van der Waals surface area contributed by atoms with Crippen LogP contribution in [0.4, 0.5) is 0 Å². The van der Waals surface area contributed by atoms with Gasteiger partial charge in [-0.05, 0) is 22.0 Å². The topological polar surface area (TPSA) is 86.6 Å². The molecule has 1 atom stereocenters. The zero-order valence-corrected chi connectivity index (χ0v) is 6.96. The van der Waals surface area contributed by atoms with Gasteiger partial charge in [0.25, 0.3) is 4.63 Å². The summed E-state index contributed by atoms with van der Waals surface area (Å²) in [6, 6.07) is 0. The molecule has 0 rings (SSSR count). The summed E-state index contributed by atoms with van der Waals surface area (Å²) in [4.78, 5) is 20.6. The quantitative estimate of drug-likeness (QED) is 0.259. The molecule has 5 nitrogen and oxygen atoms in total. The van der Waals surface area contributed by atoms with Crippen molar-refractivity contribution in [2.24, 2.45) is 0 Å². The number of nitrogens with one attached hydrogen (secondary N) is 1. The predicted molar refractivity (Wildman–Crippen MR) is 39.9 cm³/mol. The number of hydrogen-bond donors (Lipinski definition) is 3. The molecule has 0 saturated carbocycles. The van der Waals surface area contributed by atoms with Gasteiger partial charge in [-0.1, -0.05) is 6.58 Å². The van der Waals surface area contributed by atoms with Gasteiger partial charge in [-0.25, -0.2) is 4.79 Å². The van der Waals surface area contributed by atoms with Gasteiger partial charge in [0, 0.05) is 0 Å². The molecule has 0 radical (unpaired) electrons. The molecule has 11 heavy (non-hydrogen) atoms. The van der Waals surface area contributed by atoms with E-state index < -0.39 is 16.5 Å². The smallest absolute Gasteiger partial charge is 0.369 e. The number of carbonyl (C=O) groups excluding carboxylic acids is 1. The van der Waals surface area contributed by atoms with Gasteiger partial charge in [0.1, 0.15) is 0 Å². The van der Waals surface area contributed by atoms with Gasteiger partial charge in [-0.3, -0.25) is 4.79 Å². The van der Waals surface area contributed by atoms with Gasteiger partial charge < -0.3 is 15.5 Å². The summed E-state index contributed by atoms with van der Waals surface area (Å²) in [5.41, 5.74) is 0. The van der Waals surface area contributed by atoms with Crippen LogP contribution in [-0.2, 0) is 9.59 Å². The maximum atomic E-state index is 10.4. The Morgan fingerprint density at radius 1 is 1.64 bits per heavy atom. The highest BCUT2D eigenvalue weighted by Gasteiger charge is 2.33. The average molecular weight is 224 g/mol. The lowest BCUT2D eigenvalue weighted by atomic mass is 10.5. The highest BCUT2D eigenvalue weighted by molar-refractivity contribution is 9.10. The molecule has 0 fully saturated rings. The van der Waals surface area contributed by atoms with E-state index in [4.69, 9.17) is 10.2 Å². The number of carboxylic acid groups (broad SMARTS) is 1. The summed E-state index contributed by atoms with van der Waals surface area (Å²) in [6.45, 7) is 3.07. The van der Waals surface area contributed by atoms with Crippen LogP contribution in [-0.4, -0.2) is 26.7 Å². The number of alkyl halides is 1. The van der Waals surface area contributed by atoms with Gasteiger partial charge in [0.05, 0.1) is 0 Å². The molecular weight excluding hydrogens is 218 g/mol. The fraction of sp³-hybridized carbons (Fsp3) is 0.200. The van der Waals surface area contributed by atoms with E-state index in [-0.39, 0.29) is 0 Å². The van der Waals surface area contributed by atoms with E-state index in [1.54, 1.807) is 5.32 Å². The van der Waals surface area contributed by atoms with Crippen LogP contribution in [0.2, 0.25) is 0 Å². The fourth-order valence-electron chi connectivity index (χ4n) is 0.268. The largest absolute Gasteiger partial charge is 0.477 e. The minimum Gasteiger partial charge on any atom is -0.477 e. The van der Waals surface area contributed by atoms with E-state index in [0.29, 0.717) is 0 Å². The second kappa shape index (κ2) is 3.49. The highest BCUT2D eigenvalue weighted by Crippen LogP contribution is 2.08. The van der Waals surface area contributed by atoms with Gasteiger partial charge in [-0.15, -0.1) is 0 Å². The molecule has 0 aliphatic carbocycles. The molecule has 0 spiro atoms. The minimum absolute atomic E-state index is 0.785. The fourth-order valence-corrected chi connectivity index (χ4v) is 0.463. The summed E-state index contributed by atoms with van der Waals surface area (Å²) in [7, 11) is 0. The Morgan fingerprint density at radius 2 is 2.09 bits per heavy atom. The van der Waals surface area contributed by atoms with Crippen molar-refractivity contribution in [1.29, 1.82) is 0 Å². The Hall–Kier alpha value is -0.880. The molecule has 0 aromatic rings. The van der Waals surface area contributed by atoms with Crippen molar-refractivity contribution in [3.05, 3.63) is 12.7 Å². The molecule has 0 aromatic carbocycles. The first-order valence-electron chi connectivity index (χ1n) is 2.49. The van der Waals surface area contributed by atoms with E-state index in [2.05, 4.69) is 22.5 Å². The van der Waals surface area contributed by atoms with Crippen molar-refractivity contribution in [2.45, 2.75) is 4.63 Å². The van der Waals surface area contributed by atoms with E-state index in [1.165, 1.54) is 0 Å². The average Bonchev–Trinajstić information content (AvgIpc) is 1.86. The Kier molecular flexibility index (Phi) is 3.21. The minimum atomic E-state index is -2.42. The Balaban J connectivity index is 4.23. The standard InChI is InChI=1S/C5H6BrNO4/c1-2-3(8)7-5(6,11)4(9)10/h2,11H,1H2,(H,7,8)(H,9,10). The third kappa shape index (κ3) is 3.15. The number of aliphatic hydroxyl groups is 1. The first-order chi connectivity index (χ1) is 4.90. The summed E-state index contributed by atoms with van der Waals surface area (Å²) in [6.07, 6.45) is 0.842. The van der Waals surface area contributed by atoms with Crippen LogP contribution in [0.3, 0.4) is 0 Å². The number of aliphatic carboxylic acids is 1. The van der Waals surface area contributed by atoms with Crippen molar-refractivity contribution in [3.8, 4) is 0 Å². The van der Waals surface area contributed by atoms with Crippen molar-refractivity contribution in [3.63, 3.8) is 0 Å². The van der Waals surface area contributed by atoms with E-state index in [1.807, 2.05) is 0 Å². The predicted octanol–water partition coefficient (Wildman–Crippen LogP) is -0.586. The van der Waals surface area contributed by atoms with Crippen LogP contribution in [0.25, 0.3) is 0 Å². The number of hydrogen-bond acceptors (Lipinski definition) is 3. The maximum absolute atomic E-state index is 10.4. The van der Waals surface area contributed by atoms with Gasteiger partial charge >= 0.3 is 5.97 Å². The molecule has 1 amide bonds. The lowest BCUT2D eigenvalue weighted by Gasteiger charge is -2.15. The number of amides is 1. The van der Waals surface area contributed by atoms with Gasteiger partial charge in [-0.2, -0.15) is 0 Å². The Labute approximate surface area is 70.8 Å². The molecule has 3 N–H and O–H groups in total. The second-order valence-electron chi connectivity index (χ2n) is 1.62. The Morgan fingerprint density at radius 3 is 2.36 bits per heavy atom. The molecular formula is C5H6BrNO4. The van der Waals surface area contributed by atoms with Gasteiger partial charge in [0.15, 0.2) is 0 Å². The molecule has 0 saturated heterocycles. The lowest BCUT2D eigenvalue weighted by molar-refractivity contribution is -0.153. The molecule has 0 aliphatic rings. The summed E-state index contributed by atoms with van der Waals surface area (Å²) in [5, 5.41) is 18.8. The van der Waals surface area contributed by atoms with Crippen LogP contribution >= 0.6 is 15.9 Å². The summed E-state index contributed by atoms with van der Waals surface area (Å²) >= 11 is 2.36. The molecule has 62 valence electrons. The van der Waals surface area contributed by atoms with Crippen LogP contribution in [0.5, 0.6) is 0 Å². The third-order valence-electron chi connectivity index (χ3n) is 0.758. The summed E-state index contributed by atoms with van der Waals surface area (Å²) < 4.78 is -2.42. The second-order valence-corrected chi connectivity index (χ2v) is 2.77. The number of carboxylic acids is 1. The molecule has 0 heterocycles. The van der Waals surface area contributed by atoms with E-state index in [0.717, 1.165) is 6.08 Å². The van der Waals surface area contributed by atoms with Crippen LogP contribution < -0.4 is 5.32 Å². The number of carbonyl (C=O) groups is 2. The first kappa shape index (κ1) is 10.1. The van der Waals surface area contributed by atoms with Crippen molar-refractivity contribution >= 4 is 27.8 Å². The van der Waals surface area contributed by atoms with Crippen LogP contribution in [0.15, 0.2) is 12.7 Å². The summed E-state index contributed by atoms with van der Waals surface area (Å²) in [5.74, 6) is -2.39. The number of halogens is 1. The third-order valence-corrected chi connectivity index (χ3v) is 1.30. The van der Waals surface area contributed by atoms with Crippen LogP contribution in [0, 0.1) is 0 Å². The zero-order valence-electron chi connectivity index (χ0n) is 5.37. The SMILES string of the molecule is C=CC(=O)NC(O)(Br)C(=O)O. The van der Waals surface area contributed by atoms with Crippen molar-refractivity contribution in [2.75, 3.05) is 0 Å². The molecule has 0 aromatic heterocycles. The van der Waals surface area contributed by atoms with Crippen molar-refractivity contribution in [1.82, 2.24) is 5.32 Å².